The van der Waals surface area contributed by atoms with Gasteiger partial charge >= 0.3 is 13.2 Å². The first-order chi connectivity index (χ1) is 17.2. The summed E-state index contributed by atoms with van der Waals surface area (Å²) in [5, 5.41) is 2.86. The number of hydrogen-bond donors (Lipinski definition) is 1. The van der Waals surface area contributed by atoms with Crippen molar-refractivity contribution in [2.24, 2.45) is 0 Å². The van der Waals surface area contributed by atoms with E-state index in [1.807, 2.05) is 52.0 Å². The predicted molar refractivity (Wildman–Crippen MR) is 139 cm³/mol. The van der Waals surface area contributed by atoms with Gasteiger partial charge < -0.3 is 19.4 Å². The molecule has 5 rings (SSSR count). The molecule has 0 unspecified atom stereocenters. The summed E-state index contributed by atoms with van der Waals surface area (Å²) in [7, 11) is -0.646. The Bertz CT molecular complexity index is 1230. The van der Waals surface area contributed by atoms with E-state index in [4.69, 9.17) is 14.0 Å². The maximum atomic E-state index is 12.8. The van der Waals surface area contributed by atoms with Crippen molar-refractivity contribution >= 4 is 19.3 Å². The van der Waals surface area contributed by atoms with Gasteiger partial charge in [-0.2, -0.15) is 0 Å². The van der Waals surface area contributed by atoms with Crippen molar-refractivity contribution in [1.82, 2.24) is 15.3 Å². The van der Waals surface area contributed by atoms with Crippen molar-refractivity contribution in [3.63, 3.8) is 0 Å². The number of hydrogen-bond acceptors (Lipinski definition) is 6. The maximum Gasteiger partial charge on any atom is 0.492 e. The first-order valence-electron chi connectivity index (χ1n) is 12.2. The topological polar surface area (TPSA) is 82.6 Å². The van der Waals surface area contributed by atoms with Gasteiger partial charge in [-0.3, -0.25) is 0 Å². The number of nitrogens with zero attached hydrogens (tertiary/aromatic N) is 2. The molecule has 2 heterocycles. The minimum absolute atomic E-state index is 0.000946. The predicted octanol–water partition coefficient (Wildman–Crippen LogP) is 5.03. The van der Waals surface area contributed by atoms with E-state index < -0.39 is 24.4 Å². The average molecular weight is 483 g/mol. The van der Waals surface area contributed by atoms with E-state index in [1.165, 1.54) is 22.3 Å². The smallest absolute Gasteiger partial charge is 0.449 e. The van der Waals surface area contributed by atoms with E-state index in [9.17, 15) is 4.79 Å². The summed E-state index contributed by atoms with van der Waals surface area (Å²) < 4.78 is 18.1. The zero-order chi connectivity index (χ0) is 25.3. The third kappa shape index (κ3) is 4.66. The Labute approximate surface area is 212 Å². The van der Waals surface area contributed by atoms with Gasteiger partial charge in [0.2, 0.25) is 0 Å². The normalized spacial score (nSPS) is 18.0. The highest BCUT2D eigenvalue weighted by molar-refractivity contribution is 6.55. The molecule has 36 heavy (non-hydrogen) atoms. The Balaban J connectivity index is 1.28. The SMILES string of the molecule is CC1(C)OB(C(=Cc2ncccn2)CNC(=O)OCC2c3ccccc3-c3ccccc32)OC1(C)C. The standard InChI is InChI=1S/C28H30BN3O4/c1-27(2)28(3,4)36-29(35-27)19(16-25-30-14-9-15-31-25)17-32-26(33)34-18-24-22-12-7-5-10-20(22)21-11-6-8-13-23(21)24/h5-16,24H,17-18H2,1-4H3,(H,32,33). The number of benzene rings is 2. The largest absolute Gasteiger partial charge is 0.492 e. The number of rotatable bonds is 6. The van der Waals surface area contributed by atoms with Crippen LogP contribution in [0.5, 0.6) is 0 Å². The molecule has 0 radical (unpaired) electrons. The molecule has 1 N–H and O–H groups in total. The number of amides is 1. The lowest BCUT2D eigenvalue weighted by Crippen LogP contribution is -2.41. The lowest BCUT2D eigenvalue weighted by atomic mass is 9.77. The molecule has 1 saturated heterocycles. The van der Waals surface area contributed by atoms with Crippen LogP contribution in [0, 0.1) is 0 Å². The molecule has 2 aromatic carbocycles. The van der Waals surface area contributed by atoms with Gasteiger partial charge in [0.25, 0.3) is 0 Å². The molecule has 1 aromatic heterocycles. The van der Waals surface area contributed by atoms with Crippen molar-refractivity contribution < 1.29 is 18.8 Å². The Morgan fingerprint density at radius 1 is 0.944 bits per heavy atom. The van der Waals surface area contributed by atoms with E-state index in [0.29, 0.717) is 11.3 Å². The maximum absolute atomic E-state index is 12.8. The van der Waals surface area contributed by atoms with E-state index in [1.54, 1.807) is 24.5 Å². The molecule has 3 aromatic rings. The lowest BCUT2D eigenvalue weighted by molar-refractivity contribution is 0.00578. The summed E-state index contributed by atoms with van der Waals surface area (Å²) >= 11 is 0. The van der Waals surface area contributed by atoms with Crippen LogP contribution in [-0.2, 0) is 14.0 Å². The Kier molecular flexibility index (Phi) is 6.41. The minimum Gasteiger partial charge on any atom is -0.449 e. The van der Waals surface area contributed by atoms with Gasteiger partial charge in [0.05, 0.1) is 11.2 Å². The molecule has 1 aliphatic heterocycles. The zero-order valence-electron chi connectivity index (χ0n) is 21.0. The minimum atomic E-state index is -0.646. The second-order valence-corrected chi connectivity index (χ2v) is 10.1. The fourth-order valence-corrected chi connectivity index (χ4v) is 4.57. The van der Waals surface area contributed by atoms with Crippen LogP contribution in [0.2, 0.25) is 0 Å². The molecule has 0 spiro atoms. The molecule has 7 nitrogen and oxygen atoms in total. The first kappa shape index (κ1) is 24.2. The number of aromatic nitrogens is 2. The molecule has 0 atom stereocenters. The van der Waals surface area contributed by atoms with Gasteiger partial charge in [-0.1, -0.05) is 48.5 Å². The highest BCUT2D eigenvalue weighted by Gasteiger charge is 2.52. The average Bonchev–Trinajstić information content (AvgIpc) is 3.30. The van der Waals surface area contributed by atoms with Crippen LogP contribution in [0.15, 0.2) is 72.5 Å². The molecule has 1 amide bonds. The highest BCUT2D eigenvalue weighted by atomic mass is 16.7. The van der Waals surface area contributed by atoms with Gasteiger partial charge in [0, 0.05) is 24.9 Å². The lowest BCUT2D eigenvalue weighted by Gasteiger charge is -2.32. The molecule has 0 bridgehead atoms. The molecule has 8 heteroatoms. The van der Waals surface area contributed by atoms with E-state index in [2.05, 4.69) is 39.6 Å². The monoisotopic (exact) mass is 483 g/mol. The summed E-state index contributed by atoms with van der Waals surface area (Å²) in [5.74, 6) is 0.510. The number of fused-ring (bicyclic) bond motifs is 3. The molecule has 184 valence electrons. The van der Waals surface area contributed by atoms with E-state index in [-0.39, 0.29) is 19.1 Å². The Morgan fingerprint density at radius 3 is 2.08 bits per heavy atom. The van der Waals surface area contributed by atoms with Gasteiger partial charge in [-0.05, 0) is 67.6 Å². The number of nitrogens with one attached hydrogen (secondary N) is 1. The summed E-state index contributed by atoms with van der Waals surface area (Å²) in [6, 6.07) is 18.3. The number of carbonyl (C=O) groups excluding carboxylic acids is 1. The molecule has 2 aliphatic rings. The summed E-state index contributed by atoms with van der Waals surface area (Å²) in [6.07, 6.45) is 4.61. The highest BCUT2D eigenvalue weighted by Crippen LogP contribution is 2.44. The summed E-state index contributed by atoms with van der Waals surface area (Å²) in [4.78, 5) is 21.3. The number of carbonyl (C=O) groups is 1. The van der Waals surface area contributed by atoms with Crippen molar-refractivity contribution in [2.75, 3.05) is 13.2 Å². The number of ether oxygens (including phenoxy) is 1. The fourth-order valence-electron chi connectivity index (χ4n) is 4.57. The molecular formula is C28H30BN3O4. The van der Waals surface area contributed by atoms with Crippen LogP contribution < -0.4 is 5.32 Å². The van der Waals surface area contributed by atoms with Gasteiger partial charge in [0.15, 0.2) is 5.82 Å². The van der Waals surface area contributed by atoms with Crippen LogP contribution in [0.4, 0.5) is 4.79 Å². The van der Waals surface area contributed by atoms with Gasteiger partial charge in [-0.15, -0.1) is 0 Å². The van der Waals surface area contributed by atoms with E-state index >= 15 is 0 Å². The Hall–Kier alpha value is -3.49. The Morgan fingerprint density at radius 2 is 1.50 bits per heavy atom. The van der Waals surface area contributed by atoms with Crippen molar-refractivity contribution in [3.8, 4) is 11.1 Å². The van der Waals surface area contributed by atoms with Crippen LogP contribution in [0.3, 0.4) is 0 Å². The summed E-state index contributed by atoms with van der Waals surface area (Å²) in [6.45, 7) is 8.37. The van der Waals surface area contributed by atoms with Crippen LogP contribution in [0.1, 0.15) is 50.6 Å². The quantitative estimate of drug-likeness (QED) is 0.496. The summed E-state index contributed by atoms with van der Waals surface area (Å²) in [5.41, 5.74) is 4.40. The molecule has 1 aliphatic carbocycles. The second-order valence-electron chi connectivity index (χ2n) is 10.1. The van der Waals surface area contributed by atoms with Crippen molar-refractivity contribution in [2.45, 2.75) is 44.8 Å². The van der Waals surface area contributed by atoms with E-state index in [0.717, 1.165) is 0 Å². The third-order valence-corrected chi connectivity index (χ3v) is 7.24. The molecular weight excluding hydrogens is 453 g/mol. The second kappa shape index (κ2) is 9.52. The zero-order valence-corrected chi connectivity index (χ0v) is 21.0. The first-order valence-corrected chi connectivity index (χ1v) is 12.2. The molecule has 1 fully saturated rings. The van der Waals surface area contributed by atoms with Crippen LogP contribution in [0.25, 0.3) is 17.2 Å². The van der Waals surface area contributed by atoms with Gasteiger partial charge in [0.1, 0.15) is 6.61 Å². The van der Waals surface area contributed by atoms with Crippen molar-refractivity contribution in [3.05, 3.63) is 89.4 Å². The van der Waals surface area contributed by atoms with Gasteiger partial charge in [-0.25, -0.2) is 14.8 Å². The molecule has 0 saturated carbocycles. The fraction of sp³-hybridized carbons (Fsp3) is 0.321. The number of alkyl carbamates (subject to hydrolysis) is 1. The van der Waals surface area contributed by atoms with Crippen LogP contribution >= 0.6 is 0 Å². The van der Waals surface area contributed by atoms with Crippen LogP contribution in [-0.4, -0.2) is 47.5 Å². The third-order valence-electron chi connectivity index (χ3n) is 7.24. The van der Waals surface area contributed by atoms with Crippen molar-refractivity contribution in [1.29, 1.82) is 0 Å².